The Bertz CT molecular complexity index is 584. The molecule has 0 aromatic heterocycles. The third-order valence-electron chi connectivity index (χ3n) is 3.65. The Balaban J connectivity index is 3.02. The van der Waals surface area contributed by atoms with E-state index in [1.54, 1.807) is 32.0 Å². The highest BCUT2D eigenvalue weighted by Gasteiger charge is 2.26. The summed E-state index contributed by atoms with van der Waals surface area (Å²) in [6, 6.07) is 4.00. The number of hydrogen-bond acceptors (Lipinski definition) is 3. The van der Waals surface area contributed by atoms with Gasteiger partial charge in [0.2, 0.25) is 5.91 Å². The minimum Gasteiger partial charge on any atom is -0.480 e. The van der Waals surface area contributed by atoms with Gasteiger partial charge in [0, 0.05) is 18.2 Å². The predicted molar refractivity (Wildman–Crippen MR) is 83.8 cm³/mol. The Morgan fingerprint density at radius 3 is 2.41 bits per heavy atom. The SMILES string of the molecule is CC[C@H](C)[C@H](NC(=O)c1cccc(NC(C)=O)c1C)C(=O)O. The van der Waals surface area contributed by atoms with Crippen LogP contribution < -0.4 is 10.6 Å². The highest BCUT2D eigenvalue weighted by Crippen LogP contribution is 2.19. The number of nitrogens with one attached hydrogen (secondary N) is 2. The largest absolute Gasteiger partial charge is 0.480 e. The lowest BCUT2D eigenvalue weighted by atomic mass is 9.98. The molecule has 120 valence electrons. The van der Waals surface area contributed by atoms with Crippen LogP contribution in [0.15, 0.2) is 18.2 Å². The molecule has 3 N–H and O–H groups in total. The van der Waals surface area contributed by atoms with Crippen molar-refractivity contribution in [3.05, 3.63) is 29.3 Å². The van der Waals surface area contributed by atoms with Crippen LogP contribution in [0.2, 0.25) is 0 Å². The van der Waals surface area contributed by atoms with E-state index in [4.69, 9.17) is 0 Å². The molecule has 0 spiro atoms. The van der Waals surface area contributed by atoms with Gasteiger partial charge in [0.1, 0.15) is 6.04 Å². The molecular formula is C16H22N2O4. The molecule has 22 heavy (non-hydrogen) atoms. The lowest BCUT2D eigenvalue weighted by Crippen LogP contribution is -2.45. The van der Waals surface area contributed by atoms with Crippen LogP contribution in [0, 0.1) is 12.8 Å². The van der Waals surface area contributed by atoms with Crippen LogP contribution in [0.1, 0.15) is 43.1 Å². The first-order valence-electron chi connectivity index (χ1n) is 7.18. The fraction of sp³-hybridized carbons (Fsp3) is 0.438. The van der Waals surface area contributed by atoms with Crippen molar-refractivity contribution < 1.29 is 19.5 Å². The van der Waals surface area contributed by atoms with E-state index in [-0.39, 0.29) is 11.8 Å². The molecular weight excluding hydrogens is 284 g/mol. The molecule has 0 saturated heterocycles. The Kier molecular flexibility index (Phi) is 6.10. The fourth-order valence-corrected chi connectivity index (χ4v) is 2.11. The number of anilines is 1. The molecule has 1 rings (SSSR count). The number of rotatable bonds is 6. The van der Waals surface area contributed by atoms with E-state index >= 15 is 0 Å². The second-order valence-electron chi connectivity index (χ2n) is 5.33. The zero-order valence-corrected chi connectivity index (χ0v) is 13.3. The van der Waals surface area contributed by atoms with Crippen molar-refractivity contribution in [3.8, 4) is 0 Å². The van der Waals surface area contributed by atoms with E-state index in [1.807, 2.05) is 6.92 Å². The van der Waals surface area contributed by atoms with Crippen molar-refractivity contribution in [3.63, 3.8) is 0 Å². The van der Waals surface area contributed by atoms with Crippen LogP contribution in [0.3, 0.4) is 0 Å². The molecule has 0 radical (unpaired) electrons. The third kappa shape index (κ3) is 4.31. The van der Waals surface area contributed by atoms with E-state index in [9.17, 15) is 19.5 Å². The fourth-order valence-electron chi connectivity index (χ4n) is 2.11. The summed E-state index contributed by atoms with van der Waals surface area (Å²) in [6.45, 7) is 6.74. The van der Waals surface area contributed by atoms with E-state index in [1.165, 1.54) is 6.92 Å². The summed E-state index contributed by atoms with van der Waals surface area (Å²) in [5, 5.41) is 14.4. The van der Waals surface area contributed by atoms with E-state index in [2.05, 4.69) is 10.6 Å². The molecule has 0 aliphatic heterocycles. The van der Waals surface area contributed by atoms with Crippen LogP contribution in [-0.2, 0) is 9.59 Å². The molecule has 2 atom stereocenters. The standard InChI is InChI=1S/C16H22N2O4/c1-5-9(2)14(16(21)22)18-15(20)12-7-6-8-13(10(12)3)17-11(4)19/h6-9,14H,5H2,1-4H3,(H,17,19)(H,18,20)(H,21,22)/t9-,14-/m0/s1. The number of carbonyl (C=O) groups excluding carboxylic acids is 2. The topological polar surface area (TPSA) is 95.5 Å². The first-order valence-corrected chi connectivity index (χ1v) is 7.18. The highest BCUT2D eigenvalue weighted by molar-refractivity contribution is 6.00. The molecule has 2 amide bonds. The smallest absolute Gasteiger partial charge is 0.326 e. The average molecular weight is 306 g/mol. The van der Waals surface area contributed by atoms with Crippen molar-refractivity contribution in [1.82, 2.24) is 5.32 Å². The zero-order chi connectivity index (χ0) is 16.9. The Morgan fingerprint density at radius 2 is 1.91 bits per heavy atom. The summed E-state index contributed by atoms with van der Waals surface area (Å²) in [6.07, 6.45) is 0.641. The second kappa shape index (κ2) is 7.59. The van der Waals surface area contributed by atoms with Crippen molar-refractivity contribution in [2.45, 2.75) is 40.2 Å². The molecule has 0 saturated carbocycles. The predicted octanol–water partition coefficient (Wildman–Crippen LogP) is 2.18. The summed E-state index contributed by atoms with van der Waals surface area (Å²) in [4.78, 5) is 34.8. The Labute approximate surface area is 129 Å². The molecule has 0 heterocycles. The zero-order valence-electron chi connectivity index (χ0n) is 13.3. The van der Waals surface area contributed by atoms with Gasteiger partial charge in [-0.25, -0.2) is 4.79 Å². The van der Waals surface area contributed by atoms with E-state index in [0.717, 1.165) is 0 Å². The minimum absolute atomic E-state index is 0.180. The van der Waals surface area contributed by atoms with Crippen molar-refractivity contribution in [2.24, 2.45) is 5.92 Å². The maximum absolute atomic E-state index is 12.4. The molecule has 6 heteroatoms. The van der Waals surface area contributed by atoms with Gasteiger partial charge in [-0.3, -0.25) is 9.59 Å². The number of amides is 2. The van der Waals surface area contributed by atoms with Gasteiger partial charge in [0.15, 0.2) is 0 Å². The van der Waals surface area contributed by atoms with Crippen molar-refractivity contribution in [1.29, 1.82) is 0 Å². The van der Waals surface area contributed by atoms with Gasteiger partial charge in [-0.2, -0.15) is 0 Å². The first kappa shape index (κ1) is 17.7. The number of carboxylic acids is 1. The third-order valence-corrected chi connectivity index (χ3v) is 3.65. The van der Waals surface area contributed by atoms with Crippen LogP contribution in [0.25, 0.3) is 0 Å². The first-order chi connectivity index (χ1) is 10.3. The lowest BCUT2D eigenvalue weighted by Gasteiger charge is -2.21. The molecule has 1 aromatic carbocycles. The summed E-state index contributed by atoms with van der Waals surface area (Å²) < 4.78 is 0. The van der Waals surface area contributed by atoms with Gasteiger partial charge >= 0.3 is 5.97 Å². The summed E-state index contributed by atoms with van der Waals surface area (Å²) >= 11 is 0. The average Bonchev–Trinajstić information content (AvgIpc) is 2.45. The number of benzene rings is 1. The molecule has 1 aromatic rings. The second-order valence-corrected chi connectivity index (χ2v) is 5.33. The van der Waals surface area contributed by atoms with Gasteiger partial charge in [0.25, 0.3) is 5.91 Å². The minimum atomic E-state index is -1.06. The van der Waals surface area contributed by atoms with Crippen LogP contribution in [0.5, 0.6) is 0 Å². The summed E-state index contributed by atoms with van der Waals surface area (Å²) in [7, 11) is 0. The monoisotopic (exact) mass is 306 g/mol. The summed E-state index contributed by atoms with van der Waals surface area (Å²) in [5.41, 5.74) is 1.49. The maximum atomic E-state index is 12.4. The number of carboxylic acid groups (broad SMARTS) is 1. The van der Waals surface area contributed by atoms with E-state index in [0.29, 0.717) is 23.2 Å². The van der Waals surface area contributed by atoms with Crippen molar-refractivity contribution in [2.75, 3.05) is 5.32 Å². The number of aliphatic carboxylic acids is 1. The lowest BCUT2D eigenvalue weighted by molar-refractivity contribution is -0.140. The van der Waals surface area contributed by atoms with Gasteiger partial charge in [-0.15, -0.1) is 0 Å². The quantitative estimate of drug-likeness (QED) is 0.750. The van der Waals surface area contributed by atoms with Gasteiger partial charge < -0.3 is 15.7 Å². The van der Waals surface area contributed by atoms with Gasteiger partial charge in [0.05, 0.1) is 0 Å². The van der Waals surface area contributed by atoms with Gasteiger partial charge in [-0.05, 0) is 30.5 Å². The van der Waals surface area contributed by atoms with Crippen LogP contribution in [0.4, 0.5) is 5.69 Å². The summed E-state index contributed by atoms with van der Waals surface area (Å²) in [5.74, 6) is -1.93. The molecule has 6 nitrogen and oxygen atoms in total. The van der Waals surface area contributed by atoms with Crippen LogP contribution in [-0.4, -0.2) is 28.9 Å². The van der Waals surface area contributed by atoms with Gasteiger partial charge in [-0.1, -0.05) is 26.3 Å². The molecule has 0 aliphatic rings. The molecule has 0 fully saturated rings. The van der Waals surface area contributed by atoms with Crippen molar-refractivity contribution >= 4 is 23.5 Å². The molecule has 0 aliphatic carbocycles. The van der Waals surface area contributed by atoms with E-state index < -0.39 is 17.9 Å². The molecule has 0 unspecified atom stereocenters. The normalized spacial score (nSPS) is 13.1. The number of carbonyl (C=O) groups is 3. The Morgan fingerprint density at radius 1 is 1.27 bits per heavy atom. The highest BCUT2D eigenvalue weighted by atomic mass is 16.4. The Hall–Kier alpha value is -2.37. The van der Waals surface area contributed by atoms with Crippen LogP contribution >= 0.6 is 0 Å². The maximum Gasteiger partial charge on any atom is 0.326 e. The number of hydrogen-bond donors (Lipinski definition) is 3. The molecule has 0 bridgehead atoms.